The van der Waals surface area contributed by atoms with Gasteiger partial charge in [-0.15, -0.1) is 0 Å². The highest BCUT2D eigenvalue weighted by Gasteiger charge is 2.31. The molecule has 0 aromatic carbocycles. The lowest BCUT2D eigenvalue weighted by atomic mass is 9.79. The molecule has 0 bridgehead atoms. The third kappa shape index (κ3) is 5.20. The van der Waals surface area contributed by atoms with Crippen LogP contribution < -0.4 is 10.6 Å². The van der Waals surface area contributed by atoms with E-state index in [-0.39, 0.29) is 11.5 Å². The van der Waals surface area contributed by atoms with Crippen LogP contribution in [0.15, 0.2) is 0 Å². The van der Waals surface area contributed by atoms with Crippen LogP contribution in [0.1, 0.15) is 12.8 Å². The molecule has 1 saturated heterocycles. The maximum Gasteiger partial charge on any atom is 0.0928 e. The van der Waals surface area contributed by atoms with Crippen LogP contribution in [0, 0.1) is 5.41 Å². The molecule has 5 heteroatoms. The van der Waals surface area contributed by atoms with Crippen LogP contribution >= 0.6 is 0 Å². The van der Waals surface area contributed by atoms with Gasteiger partial charge in [0.2, 0.25) is 0 Å². The van der Waals surface area contributed by atoms with Crippen molar-refractivity contribution in [2.24, 2.45) is 5.41 Å². The van der Waals surface area contributed by atoms with Crippen molar-refractivity contribution in [3.63, 3.8) is 0 Å². The van der Waals surface area contributed by atoms with Crippen molar-refractivity contribution in [2.75, 3.05) is 60.7 Å². The van der Waals surface area contributed by atoms with E-state index in [1.54, 1.807) is 21.3 Å². The fourth-order valence-electron chi connectivity index (χ4n) is 2.53. The van der Waals surface area contributed by atoms with Crippen LogP contribution in [0.25, 0.3) is 0 Å². The van der Waals surface area contributed by atoms with Crippen molar-refractivity contribution in [1.82, 2.24) is 10.6 Å². The van der Waals surface area contributed by atoms with Gasteiger partial charge in [-0.3, -0.25) is 0 Å². The molecule has 108 valence electrons. The van der Waals surface area contributed by atoms with Crippen LogP contribution in [0.2, 0.25) is 0 Å². The van der Waals surface area contributed by atoms with E-state index in [0.717, 1.165) is 45.6 Å². The summed E-state index contributed by atoms with van der Waals surface area (Å²) < 4.78 is 15.8. The Morgan fingerprint density at radius 3 is 2.44 bits per heavy atom. The molecule has 0 aromatic heterocycles. The van der Waals surface area contributed by atoms with Gasteiger partial charge in [0.15, 0.2) is 0 Å². The van der Waals surface area contributed by atoms with Crippen molar-refractivity contribution in [1.29, 1.82) is 0 Å². The molecule has 0 aromatic rings. The summed E-state index contributed by atoms with van der Waals surface area (Å²) in [6, 6.07) is 0. The molecule has 1 aliphatic heterocycles. The summed E-state index contributed by atoms with van der Waals surface area (Å²) in [6.07, 6.45) is 2.45. The molecule has 1 rings (SSSR count). The van der Waals surface area contributed by atoms with E-state index in [2.05, 4.69) is 10.6 Å². The van der Waals surface area contributed by atoms with Gasteiger partial charge in [0, 0.05) is 39.8 Å². The Kier molecular flexibility index (Phi) is 7.77. The van der Waals surface area contributed by atoms with E-state index in [9.17, 15) is 0 Å². The number of methoxy groups -OCH3 is 3. The van der Waals surface area contributed by atoms with E-state index in [1.165, 1.54) is 0 Å². The van der Waals surface area contributed by atoms with Crippen molar-refractivity contribution >= 4 is 0 Å². The Hall–Kier alpha value is -0.200. The zero-order valence-electron chi connectivity index (χ0n) is 12.0. The summed E-state index contributed by atoms with van der Waals surface area (Å²) in [5.41, 5.74) is 0.269. The van der Waals surface area contributed by atoms with Gasteiger partial charge in [0.05, 0.1) is 19.3 Å². The predicted molar refractivity (Wildman–Crippen MR) is 72.0 cm³/mol. The standard InChI is InChI=1S/C13H28N2O3/c1-16-9-12(18-3)8-15-10-13(11-17-2)4-6-14-7-5-13/h12,14-15H,4-11H2,1-3H3. The fraction of sp³-hybridized carbons (Fsp3) is 1.00. The average molecular weight is 260 g/mol. The molecule has 1 fully saturated rings. The summed E-state index contributed by atoms with van der Waals surface area (Å²) in [4.78, 5) is 0. The van der Waals surface area contributed by atoms with Crippen molar-refractivity contribution in [2.45, 2.75) is 18.9 Å². The minimum atomic E-state index is 0.122. The highest BCUT2D eigenvalue weighted by molar-refractivity contribution is 4.86. The van der Waals surface area contributed by atoms with Crippen molar-refractivity contribution in [3.05, 3.63) is 0 Å². The molecule has 1 unspecified atom stereocenters. The first kappa shape index (κ1) is 15.9. The van der Waals surface area contributed by atoms with Gasteiger partial charge < -0.3 is 24.8 Å². The summed E-state index contributed by atoms with van der Waals surface area (Å²) in [5.74, 6) is 0. The lowest BCUT2D eigenvalue weighted by Crippen LogP contribution is -2.47. The number of piperidine rings is 1. The third-order valence-corrected chi connectivity index (χ3v) is 3.67. The first-order valence-corrected chi connectivity index (χ1v) is 6.68. The average Bonchev–Trinajstić information content (AvgIpc) is 2.39. The molecule has 0 saturated carbocycles. The predicted octanol–water partition coefficient (Wildman–Crippen LogP) is 0.254. The molecule has 1 aliphatic rings. The Morgan fingerprint density at radius 1 is 1.17 bits per heavy atom. The van der Waals surface area contributed by atoms with Crippen LogP contribution in [-0.2, 0) is 14.2 Å². The Balaban J connectivity index is 2.32. The third-order valence-electron chi connectivity index (χ3n) is 3.67. The molecule has 0 amide bonds. The number of hydrogen-bond donors (Lipinski definition) is 2. The zero-order chi connectivity index (χ0) is 13.3. The van der Waals surface area contributed by atoms with Gasteiger partial charge in [-0.2, -0.15) is 0 Å². The maximum atomic E-state index is 5.39. The number of hydrogen-bond acceptors (Lipinski definition) is 5. The molecule has 18 heavy (non-hydrogen) atoms. The van der Waals surface area contributed by atoms with E-state index in [0.29, 0.717) is 6.61 Å². The highest BCUT2D eigenvalue weighted by atomic mass is 16.5. The van der Waals surface area contributed by atoms with Crippen LogP contribution in [0.3, 0.4) is 0 Å². The van der Waals surface area contributed by atoms with Gasteiger partial charge in [0.25, 0.3) is 0 Å². The summed E-state index contributed by atoms with van der Waals surface area (Å²) in [7, 11) is 5.21. The van der Waals surface area contributed by atoms with E-state index < -0.39 is 0 Å². The van der Waals surface area contributed by atoms with Gasteiger partial charge in [-0.05, 0) is 25.9 Å². The molecule has 0 spiro atoms. The van der Waals surface area contributed by atoms with E-state index in [1.807, 2.05) is 0 Å². The molecule has 5 nitrogen and oxygen atoms in total. The smallest absolute Gasteiger partial charge is 0.0928 e. The quantitative estimate of drug-likeness (QED) is 0.622. The van der Waals surface area contributed by atoms with Crippen molar-refractivity contribution < 1.29 is 14.2 Å². The second-order valence-electron chi connectivity index (χ2n) is 5.13. The lowest BCUT2D eigenvalue weighted by Gasteiger charge is -2.37. The molecule has 0 aliphatic carbocycles. The zero-order valence-corrected chi connectivity index (χ0v) is 12.0. The van der Waals surface area contributed by atoms with Crippen LogP contribution in [-0.4, -0.2) is 66.8 Å². The maximum absolute atomic E-state index is 5.39. The fourth-order valence-corrected chi connectivity index (χ4v) is 2.53. The van der Waals surface area contributed by atoms with Crippen LogP contribution in [0.5, 0.6) is 0 Å². The molecule has 0 radical (unpaired) electrons. The van der Waals surface area contributed by atoms with Gasteiger partial charge >= 0.3 is 0 Å². The summed E-state index contributed by atoms with van der Waals surface area (Å²) >= 11 is 0. The number of nitrogens with one attached hydrogen (secondary N) is 2. The second kappa shape index (κ2) is 8.82. The number of ether oxygens (including phenoxy) is 3. The normalized spacial score (nSPS) is 20.8. The van der Waals surface area contributed by atoms with E-state index >= 15 is 0 Å². The van der Waals surface area contributed by atoms with Gasteiger partial charge in [-0.25, -0.2) is 0 Å². The summed E-state index contributed by atoms with van der Waals surface area (Å²) in [6.45, 7) is 5.41. The molecule has 1 atom stereocenters. The minimum absolute atomic E-state index is 0.122. The minimum Gasteiger partial charge on any atom is -0.384 e. The molecular formula is C13H28N2O3. The monoisotopic (exact) mass is 260 g/mol. The first-order valence-electron chi connectivity index (χ1n) is 6.68. The Labute approximate surface area is 111 Å². The molecule has 1 heterocycles. The molecular weight excluding hydrogens is 232 g/mol. The highest BCUT2D eigenvalue weighted by Crippen LogP contribution is 2.28. The Morgan fingerprint density at radius 2 is 1.89 bits per heavy atom. The molecule has 2 N–H and O–H groups in total. The van der Waals surface area contributed by atoms with Crippen LogP contribution in [0.4, 0.5) is 0 Å². The lowest BCUT2D eigenvalue weighted by molar-refractivity contribution is 0.0199. The first-order chi connectivity index (χ1) is 8.76. The summed E-state index contributed by atoms with van der Waals surface area (Å²) in [5, 5.41) is 6.90. The Bertz CT molecular complexity index is 203. The van der Waals surface area contributed by atoms with Gasteiger partial charge in [-0.1, -0.05) is 0 Å². The van der Waals surface area contributed by atoms with E-state index in [4.69, 9.17) is 14.2 Å². The largest absolute Gasteiger partial charge is 0.384 e. The second-order valence-corrected chi connectivity index (χ2v) is 5.13. The number of rotatable bonds is 9. The SMILES string of the molecule is COCC(CNCC1(COC)CCNCC1)OC. The topological polar surface area (TPSA) is 51.8 Å². The van der Waals surface area contributed by atoms with Gasteiger partial charge in [0.1, 0.15) is 0 Å². The van der Waals surface area contributed by atoms with Crippen molar-refractivity contribution in [3.8, 4) is 0 Å².